The molecule has 0 unspecified atom stereocenters. The van der Waals surface area contributed by atoms with Crippen LogP contribution in [0.1, 0.15) is 4.88 Å². The van der Waals surface area contributed by atoms with Crippen molar-refractivity contribution in [2.75, 3.05) is 32.8 Å². The molecule has 1 aromatic carbocycles. The lowest BCUT2D eigenvalue weighted by Gasteiger charge is -2.34. The summed E-state index contributed by atoms with van der Waals surface area (Å²) in [5, 5.41) is 13.4. The number of aliphatic hydroxyl groups is 1. The van der Waals surface area contributed by atoms with E-state index in [1.54, 1.807) is 0 Å². The Balaban J connectivity index is 1.31. The first-order valence-electron chi connectivity index (χ1n) is 9.13. The third kappa shape index (κ3) is 2.66. The van der Waals surface area contributed by atoms with Gasteiger partial charge < -0.3 is 15.2 Å². The Kier molecular flexibility index (Phi) is 3.95. The maximum Gasteiger partial charge on any atom is 0.0981 e. The number of benzene rings is 1. The summed E-state index contributed by atoms with van der Waals surface area (Å²) >= 11 is 1.88. The van der Waals surface area contributed by atoms with Crippen molar-refractivity contribution in [1.82, 2.24) is 10.2 Å². The molecule has 3 saturated heterocycles. The molecule has 3 fully saturated rings. The first kappa shape index (κ1) is 16.0. The highest BCUT2D eigenvalue weighted by Gasteiger charge is 2.60. The maximum atomic E-state index is 9.84. The fourth-order valence-electron chi connectivity index (χ4n) is 4.96. The van der Waals surface area contributed by atoms with Gasteiger partial charge in [-0.2, -0.15) is 0 Å². The van der Waals surface area contributed by atoms with Gasteiger partial charge in [-0.25, -0.2) is 0 Å². The van der Waals surface area contributed by atoms with Gasteiger partial charge in [-0.05, 0) is 17.7 Å². The second-order valence-corrected chi connectivity index (χ2v) is 8.77. The molecule has 4 atom stereocenters. The number of nitrogens with one attached hydrogen (secondary N) is 1. The van der Waals surface area contributed by atoms with Crippen LogP contribution < -0.4 is 5.32 Å². The lowest BCUT2D eigenvalue weighted by molar-refractivity contribution is -0.0746. The molecule has 2 bridgehead atoms. The highest BCUT2D eigenvalue weighted by Crippen LogP contribution is 2.47. The summed E-state index contributed by atoms with van der Waals surface area (Å²) in [7, 11) is 0. The van der Waals surface area contributed by atoms with Gasteiger partial charge in [-0.3, -0.25) is 4.90 Å². The molecule has 4 heterocycles. The largest absolute Gasteiger partial charge is 0.396 e. The van der Waals surface area contributed by atoms with Gasteiger partial charge in [0.25, 0.3) is 0 Å². The molecule has 0 aliphatic carbocycles. The van der Waals surface area contributed by atoms with Crippen molar-refractivity contribution in [3.8, 4) is 10.4 Å². The standard InChI is InChI=1S/C20H24N2O2S/c23-11-16-17-10-22(13-20(17)12-21-8-18(16)24-20)9-15-6-7-19(25-15)14-4-2-1-3-5-14/h1-7,16-18,21,23H,8-13H2/t16-,17+,18+,20+/m0/s1. The molecule has 0 saturated carbocycles. The van der Waals surface area contributed by atoms with E-state index in [1.165, 1.54) is 15.3 Å². The zero-order chi connectivity index (χ0) is 16.9. The van der Waals surface area contributed by atoms with Gasteiger partial charge in [0, 0.05) is 60.9 Å². The van der Waals surface area contributed by atoms with Crippen LogP contribution in [0.25, 0.3) is 10.4 Å². The van der Waals surface area contributed by atoms with Gasteiger partial charge in [0.05, 0.1) is 11.7 Å². The number of hydrogen-bond donors (Lipinski definition) is 2. The van der Waals surface area contributed by atoms with Gasteiger partial charge in [0.1, 0.15) is 0 Å². The number of nitrogens with zero attached hydrogens (tertiary/aromatic N) is 1. The second-order valence-electron chi connectivity index (χ2n) is 7.61. The van der Waals surface area contributed by atoms with Crippen molar-refractivity contribution in [1.29, 1.82) is 0 Å². The summed E-state index contributed by atoms with van der Waals surface area (Å²) in [6.07, 6.45) is 0.192. The number of hydrogen-bond acceptors (Lipinski definition) is 5. The third-order valence-corrected chi connectivity index (χ3v) is 7.20. The molecule has 132 valence electrons. The molecule has 25 heavy (non-hydrogen) atoms. The fraction of sp³-hybridized carbons (Fsp3) is 0.500. The van der Waals surface area contributed by atoms with Crippen LogP contribution >= 0.6 is 11.3 Å². The molecule has 2 N–H and O–H groups in total. The van der Waals surface area contributed by atoms with E-state index in [2.05, 4.69) is 52.7 Å². The quantitative estimate of drug-likeness (QED) is 0.882. The third-order valence-electron chi connectivity index (χ3n) is 6.08. The van der Waals surface area contributed by atoms with E-state index < -0.39 is 0 Å². The first-order chi connectivity index (χ1) is 12.3. The molecule has 2 aromatic rings. The Labute approximate surface area is 152 Å². The molecular weight excluding hydrogens is 332 g/mol. The number of morpholine rings is 1. The lowest BCUT2D eigenvalue weighted by Crippen LogP contribution is -2.52. The molecule has 5 heteroatoms. The number of fused-ring (bicyclic) bond motifs is 1. The summed E-state index contributed by atoms with van der Waals surface area (Å²) in [4.78, 5) is 5.24. The molecule has 1 aromatic heterocycles. The topological polar surface area (TPSA) is 44.7 Å². The zero-order valence-corrected chi connectivity index (χ0v) is 15.0. The van der Waals surface area contributed by atoms with Crippen molar-refractivity contribution >= 4 is 11.3 Å². The smallest absolute Gasteiger partial charge is 0.0981 e. The maximum absolute atomic E-state index is 9.84. The van der Waals surface area contributed by atoms with Crippen LogP contribution in [0.3, 0.4) is 0 Å². The molecule has 3 aliphatic heterocycles. The Morgan fingerprint density at radius 2 is 2.12 bits per heavy atom. The van der Waals surface area contributed by atoms with Crippen molar-refractivity contribution < 1.29 is 9.84 Å². The Bertz CT molecular complexity index is 749. The summed E-state index contributed by atoms with van der Waals surface area (Å²) in [6, 6.07) is 15.1. The van der Waals surface area contributed by atoms with Gasteiger partial charge in [0.15, 0.2) is 0 Å². The predicted octanol–water partition coefficient (Wildman–Crippen LogP) is 2.20. The van der Waals surface area contributed by atoms with Gasteiger partial charge in [-0.1, -0.05) is 30.3 Å². The number of rotatable bonds is 4. The number of likely N-dealkylation sites (tertiary alicyclic amines) is 1. The summed E-state index contributed by atoms with van der Waals surface area (Å²) in [5.74, 6) is 0.731. The zero-order valence-electron chi connectivity index (χ0n) is 14.2. The van der Waals surface area contributed by atoms with Crippen LogP contribution in [0.2, 0.25) is 0 Å². The van der Waals surface area contributed by atoms with Gasteiger partial charge >= 0.3 is 0 Å². The molecule has 5 rings (SSSR count). The number of thiophene rings is 1. The van der Waals surface area contributed by atoms with Crippen molar-refractivity contribution in [3.05, 3.63) is 47.3 Å². The Morgan fingerprint density at radius 1 is 1.24 bits per heavy atom. The highest BCUT2D eigenvalue weighted by atomic mass is 32.1. The monoisotopic (exact) mass is 356 g/mol. The SMILES string of the molecule is OC[C@H]1[C@H]2CN(Cc3ccc(-c4ccccc4)s3)C[C@]23CNC[C@H]1O3. The molecule has 3 aliphatic rings. The van der Waals surface area contributed by atoms with Crippen molar-refractivity contribution in [2.45, 2.75) is 18.2 Å². The van der Waals surface area contributed by atoms with Crippen LogP contribution in [0.15, 0.2) is 42.5 Å². The minimum Gasteiger partial charge on any atom is -0.396 e. The molecule has 0 radical (unpaired) electrons. The lowest BCUT2D eigenvalue weighted by atomic mass is 9.83. The molecule has 1 spiro atoms. The van der Waals surface area contributed by atoms with E-state index in [0.717, 1.165) is 32.7 Å². The highest BCUT2D eigenvalue weighted by molar-refractivity contribution is 7.15. The van der Waals surface area contributed by atoms with Crippen LogP contribution in [-0.2, 0) is 11.3 Å². The van der Waals surface area contributed by atoms with E-state index >= 15 is 0 Å². The van der Waals surface area contributed by atoms with Crippen molar-refractivity contribution in [2.24, 2.45) is 11.8 Å². The average molecular weight is 356 g/mol. The van der Waals surface area contributed by atoms with E-state index in [9.17, 15) is 5.11 Å². The Hall–Kier alpha value is -1.24. The van der Waals surface area contributed by atoms with Gasteiger partial charge in [0.2, 0.25) is 0 Å². The molecular formula is C20H24N2O2S. The number of ether oxygens (including phenoxy) is 1. The normalized spacial score (nSPS) is 34.4. The fourth-order valence-corrected chi connectivity index (χ4v) is 6.01. The van der Waals surface area contributed by atoms with Crippen molar-refractivity contribution in [3.63, 3.8) is 0 Å². The summed E-state index contributed by atoms with van der Waals surface area (Å²) in [6.45, 7) is 5.01. The second kappa shape index (κ2) is 6.18. The molecule has 0 amide bonds. The number of aliphatic hydroxyl groups excluding tert-OH is 1. The molecule has 4 nitrogen and oxygen atoms in total. The van der Waals surface area contributed by atoms with Gasteiger partial charge in [-0.15, -0.1) is 11.3 Å². The summed E-state index contributed by atoms with van der Waals surface area (Å²) in [5.41, 5.74) is 1.20. The van der Waals surface area contributed by atoms with E-state index in [0.29, 0.717) is 5.92 Å². The average Bonchev–Trinajstić information content (AvgIpc) is 3.27. The Morgan fingerprint density at radius 3 is 2.96 bits per heavy atom. The van der Waals surface area contributed by atoms with E-state index in [-0.39, 0.29) is 24.2 Å². The van der Waals surface area contributed by atoms with Crippen LogP contribution in [0, 0.1) is 11.8 Å². The van der Waals surface area contributed by atoms with E-state index in [4.69, 9.17) is 4.74 Å². The summed E-state index contributed by atoms with van der Waals surface area (Å²) < 4.78 is 6.39. The minimum absolute atomic E-state index is 0.0875. The minimum atomic E-state index is -0.0875. The van der Waals surface area contributed by atoms with Crippen LogP contribution in [0.4, 0.5) is 0 Å². The first-order valence-corrected chi connectivity index (χ1v) is 9.95. The predicted molar refractivity (Wildman–Crippen MR) is 99.6 cm³/mol. The van der Waals surface area contributed by atoms with Crippen LogP contribution in [-0.4, -0.2) is 54.5 Å². The van der Waals surface area contributed by atoms with Crippen LogP contribution in [0.5, 0.6) is 0 Å². The van der Waals surface area contributed by atoms with E-state index in [1.807, 2.05) is 11.3 Å².